The second-order valence-electron chi connectivity index (χ2n) is 21.9. The third-order valence-corrected chi connectivity index (χ3v) is 16.2. The maximum Gasteiger partial charge on any atom is 0.160 e. The van der Waals surface area contributed by atoms with Crippen molar-refractivity contribution in [2.75, 3.05) is 9.80 Å². The van der Waals surface area contributed by atoms with Crippen LogP contribution in [0.2, 0.25) is 0 Å². The third kappa shape index (κ3) is 8.44. The summed E-state index contributed by atoms with van der Waals surface area (Å²) in [5.74, 6) is 1.32. The van der Waals surface area contributed by atoms with Crippen molar-refractivity contribution in [3.05, 3.63) is 289 Å². The molecule has 0 saturated heterocycles. The minimum absolute atomic E-state index is 0.250. The number of para-hydroxylation sites is 4. The molecule has 0 N–H and O–H groups in total. The summed E-state index contributed by atoms with van der Waals surface area (Å²) in [7, 11) is 0. The van der Waals surface area contributed by atoms with Crippen LogP contribution in [0.3, 0.4) is 0 Å². The number of fused-ring (bicyclic) bond motifs is 4. The first-order chi connectivity index (χ1) is 39.2. The predicted octanol–water partition coefficient (Wildman–Crippen LogP) is 19.2. The average molecular weight is 1030 g/mol. The standard InChI is InChI=1S/C74H56N6/c1-73(2)59-33-17-21-37-67(59)79(68-38-22-18-34-60(68)73)57-43-53(41-55(45-57)65-47-63(49-25-9-5-10-26-49)75-71(77-65)51-29-13-7-14-30-51)54-42-56(66-48-64(50-27-11-6-12-28-50)76-72(78-66)52-31-15-8-16-32-52)46-58(44-54)80-69-39-23-19-35-61(69)74(3,4)62-36-20-24-40-70(62)80/h5-48H,1-4H3. The van der Waals surface area contributed by atoms with E-state index in [0.29, 0.717) is 11.6 Å². The first kappa shape index (κ1) is 48.3. The maximum absolute atomic E-state index is 5.47. The summed E-state index contributed by atoms with van der Waals surface area (Å²) >= 11 is 0. The molecule has 2 aliphatic rings. The van der Waals surface area contributed by atoms with Crippen molar-refractivity contribution in [2.24, 2.45) is 0 Å². The molecule has 0 saturated carbocycles. The minimum Gasteiger partial charge on any atom is -0.310 e. The second-order valence-corrected chi connectivity index (χ2v) is 21.9. The molecule has 2 aliphatic heterocycles. The molecule has 0 aliphatic carbocycles. The maximum atomic E-state index is 5.47. The average Bonchev–Trinajstić information content (AvgIpc) is 3.66. The van der Waals surface area contributed by atoms with Gasteiger partial charge in [-0.15, -0.1) is 0 Å². The van der Waals surface area contributed by atoms with E-state index >= 15 is 0 Å². The monoisotopic (exact) mass is 1030 g/mol. The molecule has 6 nitrogen and oxygen atoms in total. The molecule has 0 bridgehead atoms. The Morgan fingerprint density at radius 3 is 0.800 bits per heavy atom. The van der Waals surface area contributed by atoms with E-state index < -0.39 is 0 Å². The number of rotatable bonds is 9. The quantitative estimate of drug-likeness (QED) is 0.144. The van der Waals surface area contributed by atoms with Crippen LogP contribution in [0.25, 0.3) is 78.9 Å². The van der Waals surface area contributed by atoms with Crippen molar-refractivity contribution in [3.63, 3.8) is 0 Å². The first-order valence-electron chi connectivity index (χ1n) is 27.5. The summed E-state index contributed by atoms with van der Waals surface area (Å²) in [6.07, 6.45) is 0. The fourth-order valence-electron chi connectivity index (χ4n) is 12.1. The second kappa shape index (κ2) is 19.5. The third-order valence-electron chi connectivity index (χ3n) is 16.2. The molecular formula is C74H56N6. The van der Waals surface area contributed by atoms with Crippen molar-refractivity contribution < 1.29 is 0 Å². The largest absolute Gasteiger partial charge is 0.310 e. The highest BCUT2D eigenvalue weighted by atomic mass is 15.2. The molecule has 6 heteroatoms. The SMILES string of the molecule is CC1(C)c2ccccc2N(c2cc(-c3cc(-c4cc(-c5ccccc5)nc(-c5ccccc5)n4)cc(N4c5ccccc5C(C)(C)c5ccccc54)c3)cc(-c3cc(-c4ccccc4)nc(-c4ccccc4)n3)c2)c2ccccc21. The van der Waals surface area contributed by atoms with Gasteiger partial charge in [-0.3, -0.25) is 0 Å². The van der Waals surface area contributed by atoms with Crippen LogP contribution in [-0.2, 0) is 10.8 Å². The van der Waals surface area contributed by atoms with Crippen LogP contribution in [0.1, 0.15) is 49.9 Å². The van der Waals surface area contributed by atoms with Gasteiger partial charge in [0.15, 0.2) is 11.6 Å². The minimum atomic E-state index is -0.250. The van der Waals surface area contributed by atoms with Crippen molar-refractivity contribution in [3.8, 4) is 78.9 Å². The van der Waals surface area contributed by atoms with Gasteiger partial charge in [0.25, 0.3) is 0 Å². The fourth-order valence-corrected chi connectivity index (χ4v) is 12.1. The summed E-state index contributed by atoms with van der Waals surface area (Å²) in [5.41, 5.74) is 22.3. The topological polar surface area (TPSA) is 58.0 Å². The molecule has 10 aromatic carbocycles. The highest BCUT2D eigenvalue weighted by Gasteiger charge is 2.38. The molecular weight excluding hydrogens is 973 g/mol. The molecule has 80 heavy (non-hydrogen) atoms. The number of hydrogen-bond donors (Lipinski definition) is 0. The van der Waals surface area contributed by atoms with Crippen molar-refractivity contribution >= 4 is 34.1 Å². The zero-order valence-corrected chi connectivity index (χ0v) is 45.1. The zero-order valence-electron chi connectivity index (χ0n) is 45.1. The molecule has 0 amide bonds. The van der Waals surface area contributed by atoms with Gasteiger partial charge < -0.3 is 9.80 Å². The smallest absolute Gasteiger partial charge is 0.160 e. The van der Waals surface area contributed by atoms with Gasteiger partial charge in [-0.2, -0.15) is 0 Å². The lowest BCUT2D eigenvalue weighted by molar-refractivity contribution is 0.631. The van der Waals surface area contributed by atoms with E-state index in [1.165, 1.54) is 22.3 Å². The molecule has 0 radical (unpaired) electrons. The van der Waals surface area contributed by atoms with Gasteiger partial charge in [-0.1, -0.05) is 222 Å². The van der Waals surface area contributed by atoms with Gasteiger partial charge in [0.1, 0.15) is 0 Å². The Bertz CT molecular complexity index is 3810. The molecule has 0 fully saturated rings. The van der Waals surface area contributed by atoms with E-state index in [-0.39, 0.29) is 10.8 Å². The summed E-state index contributed by atoms with van der Waals surface area (Å²) in [4.78, 5) is 26.3. The Morgan fingerprint density at radius 1 is 0.237 bits per heavy atom. The highest BCUT2D eigenvalue weighted by Crippen LogP contribution is 2.55. The summed E-state index contributed by atoms with van der Waals surface area (Å²) < 4.78 is 0. The Balaban J connectivity index is 1.07. The Morgan fingerprint density at radius 2 is 0.487 bits per heavy atom. The molecule has 0 unspecified atom stereocenters. The molecule has 12 aromatic rings. The number of aromatic nitrogens is 4. The van der Waals surface area contributed by atoms with E-state index in [0.717, 1.165) is 101 Å². The Kier molecular flexibility index (Phi) is 11.8. The molecule has 382 valence electrons. The number of hydrogen-bond acceptors (Lipinski definition) is 6. The lowest BCUT2D eigenvalue weighted by Gasteiger charge is -2.42. The van der Waals surface area contributed by atoms with E-state index in [2.05, 4.69) is 256 Å². The number of anilines is 6. The fraction of sp³-hybridized carbons (Fsp3) is 0.0811. The van der Waals surface area contributed by atoms with Crippen LogP contribution in [0.5, 0.6) is 0 Å². The number of benzene rings is 10. The molecule has 0 spiro atoms. The number of nitrogens with zero attached hydrogens (tertiary/aromatic N) is 6. The van der Waals surface area contributed by atoms with E-state index in [9.17, 15) is 0 Å². The Labute approximate surface area is 468 Å². The van der Waals surface area contributed by atoms with Crippen LogP contribution in [0.4, 0.5) is 34.1 Å². The Hall–Kier alpha value is -10.0. The van der Waals surface area contributed by atoms with Crippen molar-refractivity contribution in [1.82, 2.24) is 19.9 Å². The van der Waals surface area contributed by atoms with Gasteiger partial charge in [-0.25, -0.2) is 19.9 Å². The zero-order chi connectivity index (χ0) is 54.0. The van der Waals surface area contributed by atoms with Gasteiger partial charge >= 0.3 is 0 Å². The van der Waals surface area contributed by atoms with Gasteiger partial charge in [0.2, 0.25) is 0 Å². The highest BCUT2D eigenvalue weighted by molar-refractivity contribution is 5.94. The van der Waals surface area contributed by atoms with E-state index in [1.54, 1.807) is 0 Å². The summed E-state index contributed by atoms with van der Waals surface area (Å²) in [6, 6.07) is 95.2. The lowest BCUT2D eigenvalue weighted by Crippen LogP contribution is -2.30. The lowest BCUT2D eigenvalue weighted by atomic mass is 9.73. The van der Waals surface area contributed by atoms with E-state index in [4.69, 9.17) is 19.9 Å². The first-order valence-corrected chi connectivity index (χ1v) is 27.5. The van der Waals surface area contributed by atoms with Crippen LogP contribution in [-0.4, -0.2) is 19.9 Å². The van der Waals surface area contributed by atoms with Crippen LogP contribution >= 0.6 is 0 Å². The van der Waals surface area contributed by atoms with Crippen molar-refractivity contribution in [1.29, 1.82) is 0 Å². The van der Waals surface area contributed by atoms with Crippen LogP contribution in [0, 0.1) is 0 Å². The van der Waals surface area contributed by atoms with Gasteiger partial charge in [0.05, 0.1) is 45.5 Å². The normalized spacial score (nSPS) is 13.7. The van der Waals surface area contributed by atoms with Crippen LogP contribution < -0.4 is 9.80 Å². The molecule has 2 aromatic heterocycles. The molecule has 4 heterocycles. The van der Waals surface area contributed by atoms with Crippen molar-refractivity contribution in [2.45, 2.75) is 38.5 Å². The van der Waals surface area contributed by atoms with Crippen LogP contribution in [0.15, 0.2) is 267 Å². The van der Waals surface area contributed by atoms with Gasteiger partial charge in [-0.05, 0) is 106 Å². The summed E-state index contributed by atoms with van der Waals surface area (Å²) in [6.45, 7) is 9.36. The van der Waals surface area contributed by atoms with Gasteiger partial charge in [0, 0.05) is 55.6 Å². The summed E-state index contributed by atoms with van der Waals surface area (Å²) in [5, 5.41) is 0. The molecule has 0 atom stereocenters. The predicted molar refractivity (Wildman–Crippen MR) is 329 cm³/mol. The molecule has 14 rings (SSSR count). The van der Waals surface area contributed by atoms with E-state index in [1.807, 2.05) is 48.5 Å².